The van der Waals surface area contributed by atoms with Gasteiger partial charge in [-0.15, -0.1) is 11.6 Å². The van der Waals surface area contributed by atoms with Crippen LogP contribution in [0, 0.1) is 0 Å². The Bertz CT molecular complexity index is 728. The van der Waals surface area contributed by atoms with E-state index in [1.807, 2.05) is 72.8 Å². The molecule has 0 aliphatic carbocycles. The van der Waals surface area contributed by atoms with Crippen LogP contribution in [0.2, 0.25) is 10.0 Å². The second kappa shape index (κ2) is 6.34. The molecule has 3 heteroatoms. The van der Waals surface area contributed by atoms with Crippen molar-refractivity contribution in [1.29, 1.82) is 0 Å². The SMILES string of the molecule is Clc1ccc(C(Cl)(c2ccccc2)c2ccccc2)cc1Cl. The van der Waals surface area contributed by atoms with Gasteiger partial charge in [0.2, 0.25) is 0 Å². The van der Waals surface area contributed by atoms with Crippen molar-refractivity contribution in [3.63, 3.8) is 0 Å². The van der Waals surface area contributed by atoms with Gasteiger partial charge in [0.25, 0.3) is 0 Å². The zero-order chi connectivity index (χ0) is 15.6. The van der Waals surface area contributed by atoms with Crippen LogP contribution in [-0.4, -0.2) is 0 Å². The van der Waals surface area contributed by atoms with Gasteiger partial charge >= 0.3 is 0 Å². The fraction of sp³-hybridized carbons (Fsp3) is 0.0526. The molecule has 0 aliphatic heterocycles. The van der Waals surface area contributed by atoms with E-state index in [1.54, 1.807) is 6.07 Å². The van der Waals surface area contributed by atoms with Gasteiger partial charge in [0, 0.05) is 0 Å². The van der Waals surface area contributed by atoms with Crippen molar-refractivity contribution in [1.82, 2.24) is 0 Å². The van der Waals surface area contributed by atoms with E-state index in [9.17, 15) is 0 Å². The number of hydrogen-bond donors (Lipinski definition) is 0. The summed E-state index contributed by atoms with van der Waals surface area (Å²) in [5.41, 5.74) is 2.86. The maximum Gasteiger partial charge on any atom is 0.119 e. The van der Waals surface area contributed by atoms with Crippen molar-refractivity contribution in [2.24, 2.45) is 0 Å². The summed E-state index contributed by atoms with van der Waals surface area (Å²) in [6.45, 7) is 0. The van der Waals surface area contributed by atoms with E-state index >= 15 is 0 Å². The highest BCUT2D eigenvalue weighted by molar-refractivity contribution is 6.42. The van der Waals surface area contributed by atoms with Gasteiger partial charge in [-0.2, -0.15) is 0 Å². The molecule has 0 heterocycles. The maximum atomic E-state index is 7.14. The number of halogens is 3. The van der Waals surface area contributed by atoms with Crippen molar-refractivity contribution in [2.75, 3.05) is 0 Å². The van der Waals surface area contributed by atoms with Gasteiger partial charge in [-0.3, -0.25) is 0 Å². The molecule has 22 heavy (non-hydrogen) atoms. The predicted molar refractivity (Wildman–Crippen MR) is 95.1 cm³/mol. The third-order valence-corrected chi connectivity index (χ3v) is 5.05. The fourth-order valence-corrected chi connectivity index (χ4v) is 3.21. The van der Waals surface area contributed by atoms with Crippen LogP contribution < -0.4 is 0 Å². The third kappa shape index (κ3) is 2.75. The molecule has 0 bridgehead atoms. The van der Waals surface area contributed by atoms with Crippen LogP contribution in [0.4, 0.5) is 0 Å². The van der Waals surface area contributed by atoms with Crippen molar-refractivity contribution in [2.45, 2.75) is 4.87 Å². The molecule has 0 N–H and O–H groups in total. The number of benzene rings is 3. The quantitative estimate of drug-likeness (QED) is 0.373. The summed E-state index contributed by atoms with van der Waals surface area (Å²) in [7, 11) is 0. The van der Waals surface area contributed by atoms with Crippen LogP contribution >= 0.6 is 34.8 Å². The van der Waals surface area contributed by atoms with E-state index in [4.69, 9.17) is 34.8 Å². The van der Waals surface area contributed by atoms with Crippen LogP contribution in [0.3, 0.4) is 0 Å². The van der Waals surface area contributed by atoms with Crippen molar-refractivity contribution in [3.05, 3.63) is 106 Å². The van der Waals surface area contributed by atoms with Crippen LogP contribution in [0.1, 0.15) is 16.7 Å². The van der Waals surface area contributed by atoms with Crippen LogP contribution in [0.25, 0.3) is 0 Å². The fourth-order valence-electron chi connectivity index (χ4n) is 2.55. The average molecular weight is 348 g/mol. The lowest BCUT2D eigenvalue weighted by Crippen LogP contribution is -2.22. The molecule has 0 radical (unpaired) electrons. The lowest BCUT2D eigenvalue weighted by atomic mass is 9.84. The Morgan fingerprint density at radius 2 is 1.05 bits per heavy atom. The van der Waals surface area contributed by atoms with Crippen molar-refractivity contribution < 1.29 is 0 Å². The molecule has 110 valence electrons. The molecular formula is C19H13Cl3. The molecule has 0 spiro atoms. The zero-order valence-corrected chi connectivity index (χ0v) is 13.9. The molecule has 0 unspecified atom stereocenters. The summed E-state index contributed by atoms with van der Waals surface area (Å²) >= 11 is 19.4. The molecule has 3 rings (SSSR count). The molecule has 0 atom stereocenters. The van der Waals surface area contributed by atoms with E-state index in [0.29, 0.717) is 10.0 Å². The van der Waals surface area contributed by atoms with Crippen LogP contribution in [0.15, 0.2) is 78.9 Å². The molecule has 3 aromatic carbocycles. The first kappa shape index (κ1) is 15.4. The Balaban J connectivity index is 2.26. The van der Waals surface area contributed by atoms with Gasteiger partial charge in [-0.1, -0.05) is 89.9 Å². The first-order chi connectivity index (χ1) is 10.6. The van der Waals surface area contributed by atoms with Gasteiger partial charge in [0.15, 0.2) is 0 Å². The Kier molecular flexibility index (Phi) is 4.44. The monoisotopic (exact) mass is 346 g/mol. The van der Waals surface area contributed by atoms with Gasteiger partial charge in [-0.25, -0.2) is 0 Å². The van der Waals surface area contributed by atoms with Crippen molar-refractivity contribution >= 4 is 34.8 Å². The van der Waals surface area contributed by atoms with Gasteiger partial charge in [0.1, 0.15) is 4.87 Å². The lowest BCUT2D eigenvalue weighted by molar-refractivity contribution is 0.879. The second-order valence-electron chi connectivity index (χ2n) is 5.02. The van der Waals surface area contributed by atoms with Crippen LogP contribution in [-0.2, 0) is 4.87 Å². The standard InChI is InChI=1S/C19H13Cl3/c20-17-12-11-16(13-18(17)21)19(22,14-7-3-1-4-8-14)15-9-5-2-6-10-15/h1-13H. The molecule has 3 aromatic rings. The molecular weight excluding hydrogens is 335 g/mol. The zero-order valence-electron chi connectivity index (χ0n) is 11.6. The maximum absolute atomic E-state index is 7.14. The molecule has 0 aliphatic rings. The minimum atomic E-state index is -0.809. The van der Waals surface area contributed by atoms with Gasteiger partial charge in [0.05, 0.1) is 10.0 Å². The summed E-state index contributed by atoms with van der Waals surface area (Å²) in [5, 5.41) is 1.02. The molecule has 0 fully saturated rings. The van der Waals surface area contributed by atoms with E-state index in [1.165, 1.54) is 0 Å². The van der Waals surface area contributed by atoms with E-state index in [-0.39, 0.29) is 0 Å². The molecule has 0 aromatic heterocycles. The number of hydrogen-bond acceptors (Lipinski definition) is 0. The Labute approximate surface area is 145 Å². The highest BCUT2D eigenvalue weighted by atomic mass is 35.5. The Hall–Kier alpha value is -1.47. The summed E-state index contributed by atoms with van der Waals surface area (Å²) in [5.74, 6) is 0. The smallest absolute Gasteiger partial charge is 0.104 e. The Morgan fingerprint density at radius 3 is 1.50 bits per heavy atom. The average Bonchev–Trinajstić information content (AvgIpc) is 2.58. The molecule has 0 saturated heterocycles. The van der Waals surface area contributed by atoms with E-state index in [2.05, 4.69) is 0 Å². The second-order valence-corrected chi connectivity index (χ2v) is 6.40. The van der Waals surface area contributed by atoms with E-state index in [0.717, 1.165) is 16.7 Å². The Morgan fingerprint density at radius 1 is 0.545 bits per heavy atom. The summed E-state index contributed by atoms with van der Waals surface area (Å²) in [6.07, 6.45) is 0. The molecule has 0 amide bonds. The predicted octanol–water partition coefficient (Wildman–Crippen LogP) is 6.52. The first-order valence-corrected chi connectivity index (χ1v) is 8.01. The topological polar surface area (TPSA) is 0 Å². The van der Waals surface area contributed by atoms with Gasteiger partial charge in [-0.05, 0) is 28.8 Å². The van der Waals surface area contributed by atoms with E-state index < -0.39 is 4.87 Å². The lowest BCUT2D eigenvalue weighted by Gasteiger charge is -2.29. The highest BCUT2D eigenvalue weighted by Gasteiger charge is 2.34. The highest BCUT2D eigenvalue weighted by Crippen LogP contribution is 2.44. The molecule has 0 saturated carbocycles. The summed E-state index contributed by atoms with van der Waals surface area (Å²) in [4.78, 5) is -0.809. The number of rotatable bonds is 3. The third-order valence-electron chi connectivity index (χ3n) is 3.66. The summed E-state index contributed by atoms with van der Waals surface area (Å²) < 4.78 is 0. The van der Waals surface area contributed by atoms with Crippen molar-refractivity contribution in [3.8, 4) is 0 Å². The summed E-state index contributed by atoms with van der Waals surface area (Å²) in [6, 6.07) is 25.5. The van der Waals surface area contributed by atoms with Crippen LogP contribution in [0.5, 0.6) is 0 Å². The minimum Gasteiger partial charge on any atom is -0.104 e. The molecule has 0 nitrogen and oxygen atoms in total. The first-order valence-electron chi connectivity index (χ1n) is 6.88. The van der Waals surface area contributed by atoms with Gasteiger partial charge < -0.3 is 0 Å². The minimum absolute atomic E-state index is 0.496. The largest absolute Gasteiger partial charge is 0.119 e. The number of alkyl halides is 1. The normalized spacial score (nSPS) is 11.4.